The minimum absolute atomic E-state index is 0.736. The Morgan fingerprint density at radius 3 is 2.94 bits per heavy atom. The number of anilines is 1. The number of hydrogen-bond donors (Lipinski definition) is 2. The molecule has 2 aromatic rings. The van der Waals surface area contributed by atoms with E-state index in [-0.39, 0.29) is 0 Å². The molecule has 3 heteroatoms. The second-order valence-electron chi connectivity index (χ2n) is 4.84. The summed E-state index contributed by atoms with van der Waals surface area (Å²) in [6.07, 6.45) is 4.88. The molecule has 1 aromatic carbocycles. The molecule has 0 unspecified atom stereocenters. The molecule has 0 atom stereocenters. The zero-order valence-electron chi connectivity index (χ0n) is 10.2. The van der Waals surface area contributed by atoms with E-state index in [1.807, 2.05) is 12.1 Å². The fourth-order valence-electron chi connectivity index (χ4n) is 2.41. The van der Waals surface area contributed by atoms with Crippen molar-refractivity contribution >= 4 is 16.6 Å². The van der Waals surface area contributed by atoms with Gasteiger partial charge in [-0.05, 0) is 37.5 Å². The van der Waals surface area contributed by atoms with Crippen molar-refractivity contribution in [3.05, 3.63) is 30.0 Å². The third-order valence-electron chi connectivity index (χ3n) is 3.52. The monoisotopic (exact) mass is 229 g/mol. The van der Waals surface area contributed by atoms with Gasteiger partial charge in [0, 0.05) is 36.4 Å². The zero-order valence-corrected chi connectivity index (χ0v) is 10.2. The average molecular weight is 229 g/mol. The molecule has 1 fully saturated rings. The van der Waals surface area contributed by atoms with Crippen LogP contribution in [0, 0.1) is 0 Å². The highest BCUT2D eigenvalue weighted by molar-refractivity contribution is 5.94. The number of nitrogens with one attached hydrogen (secondary N) is 1. The van der Waals surface area contributed by atoms with Gasteiger partial charge in [0.2, 0.25) is 0 Å². The van der Waals surface area contributed by atoms with Crippen molar-refractivity contribution in [2.24, 2.45) is 0 Å². The Morgan fingerprint density at radius 2 is 2.24 bits per heavy atom. The lowest BCUT2D eigenvalue weighted by molar-refractivity contribution is 0.686. The van der Waals surface area contributed by atoms with Crippen LogP contribution in [0.1, 0.15) is 25.3 Å². The van der Waals surface area contributed by atoms with Crippen molar-refractivity contribution in [1.29, 1.82) is 0 Å². The summed E-state index contributed by atoms with van der Waals surface area (Å²) < 4.78 is 2.27. The van der Waals surface area contributed by atoms with Crippen LogP contribution in [0.2, 0.25) is 0 Å². The van der Waals surface area contributed by atoms with E-state index >= 15 is 0 Å². The van der Waals surface area contributed by atoms with E-state index < -0.39 is 0 Å². The van der Waals surface area contributed by atoms with Gasteiger partial charge >= 0.3 is 0 Å². The maximum absolute atomic E-state index is 6.11. The van der Waals surface area contributed by atoms with Crippen LogP contribution in [0.15, 0.2) is 24.4 Å². The van der Waals surface area contributed by atoms with Gasteiger partial charge in [0.15, 0.2) is 0 Å². The molecule has 1 aliphatic rings. The van der Waals surface area contributed by atoms with E-state index in [4.69, 9.17) is 5.73 Å². The highest BCUT2D eigenvalue weighted by atomic mass is 15.0. The third-order valence-corrected chi connectivity index (χ3v) is 3.52. The highest BCUT2D eigenvalue weighted by Crippen LogP contribution is 2.28. The van der Waals surface area contributed by atoms with Gasteiger partial charge in [-0.15, -0.1) is 0 Å². The Morgan fingerprint density at radius 1 is 1.41 bits per heavy atom. The van der Waals surface area contributed by atoms with E-state index in [9.17, 15) is 0 Å². The maximum atomic E-state index is 6.11. The van der Waals surface area contributed by atoms with Gasteiger partial charge in [0.25, 0.3) is 0 Å². The SMILES string of the molecule is CCn1cc(CNC2CC2)c2c(N)cccc21. The summed E-state index contributed by atoms with van der Waals surface area (Å²) in [5, 5.41) is 4.79. The molecule has 3 N–H and O–H groups in total. The molecule has 0 saturated heterocycles. The van der Waals surface area contributed by atoms with Gasteiger partial charge < -0.3 is 15.6 Å². The molecule has 0 amide bonds. The van der Waals surface area contributed by atoms with Gasteiger partial charge in [0.05, 0.1) is 5.52 Å². The van der Waals surface area contributed by atoms with Gasteiger partial charge in [-0.1, -0.05) is 6.07 Å². The van der Waals surface area contributed by atoms with E-state index in [1.165, 1.54) is 29.3 Å². The van der Waals surface area contributed by atoms with Gasteiger partial charge in [0.1, 0.15) is 0 Å². The number of hydrogen-bond acceptors (Lipinski definition) is 2. The van der Waals surface area contributed by atoms with Crippen molar-refractivity contribution < 1.29 is 0 Å². The lowest BCUT2D eigenvalue weighted by atomic mass is 10.1. The minimum atomic E-state index is 0.736. The van der Waals surface area contributed by atoms with Crippen LogP contribution in [-0.2, 0) is 13.1 Å². The number of aryl methyl sites for hydroxylation is 1. The molecular formula is C14H19N3. The van der Waals surface area contributed by atoms with E-state index in [1.54, 1.807) is 0 Å². The molecule has 3 rings (SSSR count). The zero-order chi connectivity index (χ0) is 11.8. The van der Waals surface area contributed by atoms with Crippen molar-refractivity contribution in [2.75, 3.05) is 5.73 Å². The summed E-state index contributed by atoms with van der Waals surface area (Å²) in [5.74, 6) is 0. The summed E-state index contributed by atoms with van der Waals surface area (Å²) in [6, 6.07) is 6.90. The van der Waals surface area contributed by atoms with Gasteiger partial charge in [-0.25, -0.2) is 0 Å². The minimum Gasteiger partial charge on any atom is -0.398 e. The lowest BCUT2D eigenvalue weighted by Gasteiger charge is -2.03. The Bertz CT molecular complexity index is 538. The normalized spacial score (nSPS) is 15.6. The molecule has 0 aliphatic heterocycles. The molecule has 1 aromatic heterocycles. The standard InChI is InChI=1S/C14H19N3/c1-2-17-9-10(8-16-11-6-7-11)14-12(15)4-3-5-13(14)17/h3-5,9,11,16H,2,6-8,15H2,1H3. The fraction of sp³-hybridized carbons (Fsp3) is 0.429. The number of fused-ring (bicyclic) bond motifs is 1. The Kier molecular flexibility index (Phi) is 2.56. The van der Waals surface area contributed by atoms with Crippen LogP contribution in [0.5, 0.6) is 0 Å². The lowest BCUT2D eigenvalue weighted by Crippen LogP contribution is -2.15. The number of aromatic nitrogens is 1. The molecular weight excluding hydrogens is 210 g/mol. The topological polar surface area (TPSA) is 43.0 Å². The fourth-order valence-corrected chi connectivity index (χ4v) is 2.41. The van der Waals surface area contributed by atoms with Crippen LogP contribution in [0.4, 0.5) is 5.69 Å². The summed E-state index contributed by atoms with van der Waals surface area (Å²) in [6.45, 7) is 4.09. The molecule has 90 valence electrons. The van der Waals surface area contributed by atoms with Crippen molar-refractivity contribution in [3.8, 4) is 0 Å². The molecule has 0 spiro atoms. The summed E-state index contributed by atoms with van der Waals surface area (Å²) in [5.41, 5.74) is 9.57. The van der Waals surface area contributed by atoms with E-state index in [2.05, 4.69) is 29.1 Å². The Balaban J connectivity index is 2.02. The second-order valence-corrected chi connectivity index (χ2v) is 4.84. The number of nitrogens with two attached hydrogens (primary N) is 1. The van der Waals surface area contributed by atoms with Crippen LogP contribution < -0.4 is 11.1 Å². The van der Waals surface area contributed by atoms with Crippen molar-refractivity contribution in [3.63, 3.8) is 0 Å². The highest BCUT2D eigenvalue weighted by Gasteiger charge is 2.21. The Labute approximate surface area is 102 Å². The maximum Gasteiger partial charge on any atom is 0.0504 e. The number of benzene rings is 1. The van der Waals surface area contributed by atoms with Gasteiger partial charge in [-0.2, -0.15) is 0 Å². The van der Waals surface area contributed by atoms with Crippen LogP contribution in [-0.4, -0.2) is 10.6 Å². The summed E-state index contributed by atoms with van der Waals surface area (Å²) in [4.78, 5) is 0. The van der Waals surface area contributed by atoms with E-state index in [0.717, 1.165) is 24.8 Å². The largest absolute Gasteiger partial charge is 0.398 e. The summed E-state index contributed by atoms with van der Waals surface area (Å²) in [7, 11) is 0. The van der Waals surface area contributed by atoms with Gasteiger partial charge in [-0.3, -0.25) is 0 Å². The Hall–Kier alpha value is -1.48. The predicted molar refractivity (Wildman–Crippen MR) is 71.9 cm³/mol. The number of nitrogens with zero attached hydrogens (tertiary/aromatic N) is 1. The molecule has 0 bridgehead atoms. The number of rotatable bonds is 4. The second kappa shape index (κ2) is 4.08. The molecule has 3 nitrogen and oxygen atoms in total. The molecule has 1 saturated carbocycles. The molecule has 0 radical (unpaired) electrons. The van der Waals surface area contributed by atoms with E-state index in [0.29, 0.717) is 0 Å². The smallest absolute Gasteiger partial charge is 0.0504 e. The van der Waals surface area contributed by atoms with Crippen molar-refractivity contribution in [2.45, 2.75) is 38.9 Å². The summed E-state index contributed by atoms with van der Waals surface area (Å²) >= 11 is 0. The molecule has 1 heterocycles. The predicted octanol–water partition coefficient (Wildman–Crippen LogP) is 2.50. The van der Waals surface area contributed by atoms with Crippen LogP contribution >= 0.6 is 0 Å². The first kappa shape index (κ1) is 10.7. The quantitative estimate of drug-likeness (QED) is 0.791. The molecule has 1 aliphatic carbocycles. The number of nitrogen functional groups attached to an aromatic ring is 1. The average Bonchev–Trinajstić information content (AvgIpc) is 3.08. The van der Waals surface area contributed by atoms with Crippen LogP contribution in [0.25, 0.3) is 10.9 Å². The molecule has 17 heavy (non-hydrogen) atoms. The first-order chi connectivity index (χ1) is 8.29. The first-order valence-electron chi connectivity index (χ1n) is 6.39. The van der Waals surface area contributed by atoms with Crippen LogP contribution in [0.3, 0.4) is 0 Å². The first-order valence-corrected chi connectivity index (χ1v) is 6.39. The van der Waals surface area contributed by atoms with Crippen molar-refractivity contribution in [1.82, 2.24) is 9.88 Å². The third kappa shape index (κ3) is 1.91.